The van der Waals surface area contributed by atoms with Crippen molar-refractivity contribution >= 4 is 23.5 Å². The fraction of sp³-hybridized carbons (Fsp3) is 0.600. The van der Waals surface area contributed by atoms with E-state index in [1.165, 1.54) is 6.92 Å². The van der Waals surface area contributed by atoms with Crippen LogP contribution in [0, 0.1) is 6.92 Å². The van der Waals surface area contributed by atoms with Gasteiger partial charge in [-0.15, -0.1) is 0 Å². The number of nitrogens with one attached hydrogen (secondary N) is 1. The molecule has 6 N–H and O–H groups in total. The van der Waals surface area contributed by atoms with Gasteiger partial charge in [0.05, 0.1) is 12.7 Å². The smallest absolute Gasteiger partial charge is 0.390 e. The van der Waals surface area contributed by atoms with E-state index in [-0.39, 0.29) is 5.56 Å². The minimum Gasteiger partial charge on any atom is -0.390 e. The number of aromatic nitrogens is 2. The Morgan fingerprint density at radius 1 is 1.28 bits per heavy atom. The molecule has 0 spiro atoms. The maximum Gasteiger partial charge on any atom is 0.490 e. The number of aromatic amines is 1. The number of aliphatic hydroxyl groups excluding tert-OH is 1. The highest BCUT2D eigenvalue weighted by atomic mass is 31.3. The van der Waals surface area contributed by atoms with Crippen LogP contribution in [-0.2, 0) is 31.6 Å². The van der Waals surface area contributed by atoms with Gasteiger partial charge in [-0.2, -0.15) is 8.62 Å². The Morgan fingerprint density at radius 3 is 2.47 bits per heavy atom. The Hall–Kier alpha value is -1.68. The number of H-pyrrole nitrogens is 1. The molecule has 1 fully saturated rings. The Balaban J connectivity index is 2.25. The third kappa shape index (κ3) is 6.66. The highest BCUT2D eigenvalue weighted by Crippen LogP contribution is 2.66. The summed E-state index contributed by atoms with van der Waals surface area (Å²) in [5.74, 6) is 0. The van der Waals surface area contributed by atoms with Gasteiger partial charge in [0.1, 0.15) is 6.23 Å². The lowest BCUT2D eigenvalue weighted by molar-refractivity contribution is -0.122. The second-order valence-electron chi connectivity index (χ2n) is 6.20. The lowest BCUT2D eigenvalue weighted by Crippen LogP contribution is -2.41. The van der Waals surface area contributed by atoms with E-state index < -0.39 is 65.8 Å². The van der Waals surface area contributed by atoms with Crippen LogP contribution in [0.4, 0.5) is 0 Å². The van der Waals surface area contributed by atoms with Crippen molar-refractivity contribution in [3.63, 3.8) is 0 Å². The van der Waals surface area contributed by atoms with Gasteiger partial charge in [-0.05, 0) is 12.5 Å². The number of hydrogen-bond donors (Lipinski definition) is 6. The number of aliphatic hydroxyl groups is 1. The molecule has 0 bridgehead atoms. The van der Waals surface area contributed by atoms with Crippen molar-refractivity contribution in [1.82, 2.24) is 9.55 Å². The summed E-state index contributed by atoms with van der Waals surface area (Å²) < 4.78 is 51.5. The van der Waals surface area contributed by atoms with Gasteiger partial charge in [0.25, 0.3) is 5.56 Å². The molecule has 5 unspecified atom stereocenters. The van der Waals surface area contributed by atoms with Crippen LogP contribution in [0.2, 0.25) is 0 Å². The average molecular weight is 523 g/mol. The van der Waals surface area contributed by atoms with Crippen molar-refractivity contribution in [3.05, 3.63) is 43.0 Å². The van der Waals surface area contributed by atoms with Crippen molar-refractivity contribution in [2.45, 2.75) is 31.4 Å². The molecule has 1 aliphatic rings. The van der Waals surface area contributed by atoms with Crippen molar-refractivity contribution in [1.29, 1.82) is 0 Å². The van der Waals surface area contributed by atoms with Crippen molar-refractivity contribution < 1.29 is 56.3 Å². The number of ether oxygens (including phenoxy) is 1. The Bertz CT molecular complexity index is 1180. The molecule has 22 heteroatoms. The molecule has 1 aromatic rings. The van der Waals surface area contributed by atoms with E-state index in [1.807, 2.05) is 4.98 Å². The molecule has 0 aromatic carbocycles. The zero-order valence-electron chi connectivity index (χ0n) is 15.7. The molecule has 180 valence electrons. The molecule has 1 aliphatic heterocycles. The fourth-order valence-electron chi connectivity index (χ4n) is 2.51. The first-order valence-electron chi connectivity index (χ1n) is 8.02. The van der Waals surface area contributed by atoms with E-state index >= 15 is 0 Å². The lowest BCUT2D eigenvalue weighted by Gasteiger charge is -2.27. The van der Waals surface area contributed by atoms with Gasteiger partial charge in [0, 0.05) is 23.1 Å². The molecule has 2 heterocycles. The van der Waals surface area contributed by atoms with Crippen molar-refractivity contribution in [2.75, 3.05) is 6.61 Å². The first-order chi connectivity index (χ1) is 14.5. The zero-order valence-corrected chi connectivity index (χ0v) is 18.4. The van der Waals surface area contributed by atoms with Gasteiger partial charge in [0.2, 0.25) is 0 Å². The molecule has 19 nitrogen and oxygen atoms in total. The second-order valence-corrected chi connectivity index (χ2v) is 10.6. The van der Waals surface area contributed by atoms with Crippen LogP contribution in [0.3, 0.4) is 0 Å². The quantitative estimate of drug-likeness (QED) is 0.103. The minimum absolute atomic E-state index is 0.0808. The number of nitrogens with zero attached hydrogens (tertiary/aromatic N) is 4. The van der Waals surface area contributed by atoms with Crippen LogP contribution in [-0.4, -0.2) is 52.7 Å². The van der Waals surface area contributed by atoms with Gasteiger partial charge >= 0.3 is 29.2 Å². The summed E-state index contributed by atoms with van der Waals surface area (Å²) in [5, 5.41) is 13.5. The molecule has 5 atom stereocenters. The highest BCUT2D eigenvalue weighted by Gasteiger charge is 2.51. The van der Waals surface area contributed by atoms with Crippen LogP contribution >= 0.6 is 23.5 Å². The van der Waals surface area contributed by atoms with Gasteiger partial charge in [0.15, 0.2) is 5.72 Å². The molecule has 32 heavy (non-hydrogen) atoms. The van der Waals surface area contributed by atoms with Crippen LogP contribution in [0.5, 0.6) is 0 Å². The SMILES string of the molecule is Cc1cn(C2CC(O)C(COP(=O)(O)OP(=O)(O)OP(=O)(O)O)(N=[N+]=[N-])O2)c(=O)[nH]c1=O. The standard InChI is InChI=1S/C10H16N5O14P3/c1-5-3-15(9(18)12-8(5)17)7-2-6(16)10(27-7,13-14-11)4-26-31(22,23)29-32(24,25)28-30(19,20)21/h3,6-7,16H,2,4H2,1H3,(H,22,23)(H,24,25)(H,12,17,18)(H2,19,20,21). The molecular formula is C10H16N5O14P3. The maximum atomic E-state index is 12.0. The van der Waals surface area contributed by atoms with Crippen LogP contribution in [0.1, 0.15) is 18.2 Å². The van der Waals surface area contributed by atoms with Crippen LogP contribution in [0.15, 0.2) is 20.9 Å². The molecule has 0 amide bonds. The number of azide groups is 1. The number of hydrogen-bond acceptors (Lipinski definition) is 11. The topological polar surface area (TPSA) is 293 Å². The number of rotatable bonds is 9. The van der Waals surface area contributed by atoms with Crippen LogP contribution in [0.25, 0.3) is 10.4 Å². The third-order valence-corrected chi connectivity index (χ3v) is 7.59. The summed E-state index contributed by atoms with van der Waals surface area (Å²) in [7, 11) is -17.1. The molecule has 2 rings (SSSR count). The lowest BCUT2D eigenvalue weighted by atomic mass is 10.1. The molecular weight excluding hydrogens is 507 g/mol. The summed E-state index contributed by atoms with van der Waals surface area (Å²) in [6.07, 6.45) is -2.49. The molecule has 1 aromatic heterocycles. The van der Waals surface area contributed by atoms with Crippen LogP contribution < -0.4 is 11.2 Å². The largest absolute Gasteiger partial charge is 0.490 e. The monoisotopic (exact) mass is 523 g/mol. The number of phosphoric acid groups is 3. The Morgan fingerprint density at radius 2 is 1.91 bits per heavy atom. The fourth-order valence-corrected chi connectivity index (χ4v) is 5.55. The molecule has 1 saturated heterocycles. The maximum absolute atomic E-state index is 12.0. The summed E-state index contributed by atoms with van der Waals surface area (Å²) in [5.41, 5.74) is 4.75. The molecule has 0 saturated carbocycles. The summed E-state index contributed by atoms with van der Waals surface area (Å²) in [6.45, 7) is 0.0612. The van der Waals surface area contributed by atoms with E-state index in [0.29, 0.717) is 0 Å². The second kappa shape index (κ2) is 9.29. The van der Waals surface area contributed by atoms with Gasteiger partial charge in [-0.3, -0.25) is 18.9 Å². The predicted molar refractivity (Wildman–Crippen MR) is 98.5 cm³/mol. The predicted octanol–water partition coefficient (Wildman–Crippen LogP) is -0.525. The normalized spacial score (nSPS) is 27.3. The molecule has 0 radical (unpaired) electrons. The number of phosphoric ester groups is 1. The Kier molecular flexibility index (Phi) is 7.71. The van der Waals surface area contributed by atoms with Crippen molar-refractivity contribution in [2.24, 2.45) is 5.11 Å². The average Bonchev–Trinajstić information content (AvgIpc) is 2.90. The Labute approximate surface area is 176 Å². The van der Waals surface area contributed by atoms with E-state index in [0.717, 1.165) is 10.8 Å². The summed E-state index contributed by atoms with van der Waals surface area (Å²) in [4.78, 5) is 63.6. The van der Waals surface area contributed by atoms with E-state index in [2.05, 4.69) is 23.2 Å². The highest BCUT2D eigenvalue weighted by molar-refractivity contribution is 7.66. The summed E-state index contributed by atoms with van der Waals surface area (Å²) in [6, 6.07) is 0. The zero-order chi connectivity index (χ0) is 24.5. The van der Waals surface area contributed by atoms with E-state index in [1.54, 1.807) is 0 Å². The minimum atomic E-state index is -5.81. The number of aryl methyl sites for hydroxylation is 1. The van der Waals surface area contributed by atoms with E-state index in [9.17, 15) is 33.3 Å². The first kappa shape index (κ1) is 26.6. The van der Waals surface area contributed by atoms with Gasteiger partial charge in [-0.1, -0.05) is 5.11 Å². The first-order valence-corrected chi connectivity index (χ1v) is 12.5. The summed E-state index contributed by atoms with van der Waals surface area (Å²) >= 11 is 0. The van der Waals surface area contributed by atoms with Crippen molar-refractivity contribution in [3.8, 4) is 0 Å². The molecule has 0 aliphatic carbocycles. The van der Waals surface area contributed by atoms with Gasteiger partial charge in [-0.25, -0.2) is 18.5 Å². The van der Waals surface area contributed by atoms with Gasteiger partial charge < -0.3 is 29.4 Å². The van der Waals surface area contributed by atoms with E-state index in [4.69, 9.17) is 24.9 Å². The third-order valence-electron chi connectivity index (χ3n) is 3.81.